The third kappa shape index (κ3) is 2.74. The fourth-order valence-electron chi connectivity index (χ4n) is 2.43. The number of hydrogen-bond donors (Lipinski definition) is 1. The zero-order valence-electron chi connectivity index (χ0n) is 11.3. The van der Waals surface area contributed by atoms with Crippen LogP contribution >= 0.6 is 0 Å². The number of nitrogens with zero attached hydrogens (tertiary/aromatic N) is 1. The third-order valence-corrected chi connectivity index (χ3v) is 3.73. The summed E-state index contributed by atoms with van der Waals surface area (Å²) >= 11 is 0. The normalized spacial score (nSPS) is 15.9. The van der Waals surface area contributed by atoms with Gasteiger partial charge in [-0.25, -0.2) is 4.39 Å². The van der Waals surface area contributed by atoms with Gasteiger partial charge in [0.25, 0.3) is 0 Å². The maximum absolute atomic E-state index is 13.0. The van der Waals surface area contributed by atoms with Crippen LogP contribution in [0.5, 0.6) is 0 Å². The molecule has 0 saturated heterocycles. The van der Waals surface area contributed by atoms with Gasteiger partial charge in [0.1, 0.15) is 5.82 Å². The van der Waals surface area contributed by atoms with Gasteiger partial charge in [0.15, 0.2) is 0 Å². The van der Waals surface area contributed by atoms with Crippen molar-refractivity contribution < 1.29 is 4.39 Å². The number of aromatic nitrogens is 1. The van der Waals surface area contributed by atoms with Gasteiger partial charge in [-0.15, -0.1) is 0 Å². The summed E-state index contributed by atoms with van der Waals surface area (Å²) in [5.41, 5.74) is 1.97. The lowest BCUT2D eigenvalue weighted by molar-refractivity contribution is 0.622. The first-order chi connectivity index (χ1) is 9.63. The van der Waals surface area contributed by atoms with E-state index < -0.39 is 0 Å². The average Bonchev–Trinajstić information content (AvgIpc) is 3.26. The molecule has 0 radical (unpaired) electrons. The highest BCUT2D eigenvalue weighted by Crippen LogP contribution is 2.42. The van der Waals surface area contributed by atoms with Crippen molar-refractivity contribution in [3.63, 3.8) is 0 Å². The molecule has 104 valence electrons. The minimum Gasteiger partial charge on any atom is -0.377 e. The largest absolute Gasteiger partial charge is 0.377 e. The topological polar surface area (TPSA) is 34.0 Å². The van der Waals surface area contributed by atoms with Gasteiger partial charge in [0.2, 0.25) is 5.56 Å². The van der Waals surface area contributed by atoms with Gasteiger partial charge in [-0.05, 0) is 42.5 Å². The van der Waals surface area contributed by atoms with Gasteiger partial charge in [-0.1, -0.05) is 12.1 Å². The molecule has 0 amide bonds. The Morgan fingerprint density at radius 1 is 1.20 bits per heavy atom. The van der Waals surface area contributed by atoms with Crippen molar-refractivity contribution in [2.45, 2.75) is 18.9 Å². The molecule has 0 bridgehead atoms. The van der Waals surface area contributed by atoms with Gasteiger partial charge >= 0.3 is 0 Å². The number of anilines is 1. The minimum absolute atomic E-state index is 0.0275. The van der Waals surface area contributed by atoms with Crippen molar-refractivity contribution in [1.29, 1.82) is 0 Å². The van der Waals surface area contributed by atoms with Crippen LogP contribution < -0.4 is 10.9 Å². The van der Waals surface area contributed by atoms with Crippen LogP contribution in [-0.2, 0) is 7.05 Å². The van der Waals surface area contributed by atoms with Crippen LogP contribution in [0.4, 0.5) is 10.1 Å². The Hall–Kier alpha value is -2.10. The lowest BCUT2D eigenvalue weighted by Crippen LogP contribution is -2.18. The van der Waals surface area contributed by atoms with Crippen LogP contribution in [0.2, 0.25) is 0 Å². The highest BCUT2D eigenvalue weighted by atomic mass is 19.1. The molecule has 4 heteroatoms. The summed E-state index contributed by atoms with van der Waals surface area (Å²) in [7, 11) is 1.73. The first-order valence-corrected chi connectivity index (χ1v) is 6.82. The molecule has 1 aliphatic carbocycles. The number of hydrogen-bond acceptors (Lipinski definition) is 2. The first kappa shape index (κ1) is 12.9. The van der Waals surface area contributed by atoms with Crippen LogP contribution in [-0.4, -0.2) is 4.57 Å². The predicted molar refractivity (Wildman–Crippen MR) is 77.2 cm³/mol. The summed E-state index contributed by atoms with van der Waals surface area (Å²) < 4.78 is 14.6. The molecule has 0 spiro atoms. The summed E-state index contributed by atoms with van der Waals surface area (Å²) in [5, 5.41) is 3.46. The molecule has 1 saturated carbocycles. The fraction of sp³-hybridized carbons (Fsp3) is 0.312. The summed E-state index contributed by atoms with van der Waals surface area (Å²) in [6.45, 7) is 0. The number of aryl methyl sites for hydroxylation is 1. The molecule has 3 nitrogen and oxygen atoms in total. The average molecular weight is 272 g/mol. The molecule has 1 fully saturated rings. The zero-order valence-corrected chi connectivity index (χ0v) is 11.3. The Kier molecular flexibility index (Phi) is 3.30. The Balaban J connectivity index is 1.86. The Labute approximate surface area is 117 Å². The van der Waals surface area contributed by atoms with Gasteiger partial charge in [-0.2, -0.15) is 0 Å². The van der Waals surface area contributed by atoms with Crippen LogP contribution in [0.1, 0.15) is 24.4 Å². The number of rotatable bonds is 4. The maximum atomic E-state index is 13.0. The number of nitrogens with one attached hydrogen (secondary N) is 1. The number of benzene rings is 1. The second kappa shape index (κ2) is 5.12. The highest BCUT2D eigenvalue weighted by molar-refractivity contribution is 5.44. The predicted octanol–water partition coefficient (Wildman–Crippen LogP) is 3.09. The van der Waals surface area contributed by atoms with E-state index in [4.69, 9.17) is 0 Å². The van der Waals surface area contributed by atoms with Crippen molar-refractivity contribution in [3.05, 3.63) is 64.3 Å². The monoisotopic (exact) mass is 272 g/mol. The summed E-state index contributed by atoms with van der Waals surface area (Å²) in [4.78, 5) is 11.4. The fourth-order valence-corrected chi connectivity index (χ4v) is 2.43. The van der Waals surface area contributed by atoms with Crippen LogP contribution in [0.25, 0.3) is 0 Å². The standard InChI is InChI=1S/C16H17FN2O/c1-19-10-14(8-9-15(19)20)18-16(11-2-3-11)12-4-6-13(17)7-5-12/h4-11,16,18H,2-3H2,1H3. The first-order valence-electron chi connectivity index (χ1n) is 6.82. The van der Waals surface area contributed by atoms with Crippen molar-refractivity contribution in [1.82, 2.24) is 4.57 Å². The van der Waals surface area contributed by atoms with Crippen molar-refractivity contribution in [2.75, 3.05) is 5.32 Å². The van der Waals surface area contributed by atoms with Gasteiger partial charge in [0.05, 0.1) is 11.7 Å². The van der Waals surface area contributed by atoms with E-state index in [9.17, 15) is 9.18 Å². The Morgan fingerprint density at radius 2 is 1.90 bits per heavy atom. The third-order valence-electron chi connectivity index (χ3n) is 3.73. The molecule has 1 unspecified atom stereocenters. The molecule has 1 aliphatic rings. The molecule has 0 aliphatic heterocycles. The molecule has 20 heavy (non-hydrogen) atoms. The summed E-state index contributed by atoms with van der Waals surface area (Å²) in [5.74, 6) is 0.364. The van der Waals surface area contributed by atoms with Gasteiger partial charge in [-0.3, -0.25) is 4.79 Å². The van der Waals surface area contributed by atoms with E-state index >= 15 is 0 Å². The van der Waals surface area contributed by atoms with Crippen molar-refractivity contribution in [3.8, 4) is 0 Å². The zero-order chi connectivity index (χ0) is 14.1. The summed E-state index contributed by atoms with van der Waals surface area (Å²) in [6, 6.07) is 10.2. The molecule has 1 N–H and O–H groups in total. The molecule has 1 aromatic carbocycles. The quantitative estimate of drug-likeness (QED) is 0.928. The molecule has 2 aromatic rings. The van der Waals surface area contributed by atoms with E-state index in [1.807, 2.05) is 12.1 Å². The van der Waals surface area contributed by atoms with E-state index in [1.54, 1.807) is 29.9 Å². The second-order valence-electron chi connectivity index (χ2n) is 5.38. The lowest BCUT2D eigenvalue weighted by atomic mass is 10.0. The van der Waals surface area contributed by atoms with Crippen molar-refractivity contribution >= 4 is 5.69 Å². The van der Waals surface area contributed by atoms with E-state index in [0.717, 1.165) is 11.3 Å². The van der Waals surface area contributed by atoms with E-state index in [0.29, 0.717) is 5.92 Å². The molecule has 1 heterocycles. The molecular formula is C16H17FN2O. The van der Waals surface area contributed by atoms with Gasteiger partial charge in [0, 0.05) is 19.3 Å². The van der Waals surface area contributed by atoms with E-state index in [2.05, 4.69) is 5.32 Å². The number of pyridine rings is 1. The Morgan fingerprint density at radius 3 is 2.50 bits per heavy atom. The number of halogens is 1. The highest BCUT2D eigenvalue weighted by Gasteiger charge is 2.32. The second-order valence-corrected chi connectivity index (χ2v) is 5.38. The molecular weight excluding hydrogens is 255 g/mol. The van der Waals surface area contributed by atoms with Crippen LogP contribution in [0.3, 0.4) is 0 Å². The molecule has 1 aromatic heterocycles. The minimum atomic E-state index is -0.217. The smallest absolute Gasteiger partial charge is 0.250 e. The van der Waals surface area contributed by atoms with E-state index in [1.165, 1.54) is 25.0 Å². The van der Waals surface area contributed by atoms with Crippen LogP contribution in [0.15, 0.2) is 47.4 Å². The molecule has 3 rings (SSSR count). The Bertz CT molecular complexity index is 659. The van der Waals surface area contributed by atoms with Crippen molar-refractivity contribution in [2.24, 2.45) is 13.0 Å². The lowest BCUT2D eigenvalue weighted by Gasteiger charge is -2.20. The summed E-state index contributed by atoms with van der Waals surface area (Å²) in [6.07, 6.45) is 4.16. The maximum Gasteiger partial charge on any atom is 0.250 e. The van der Waals surface area contributed by atoms with E-state index in [-0.39, 0.29) is 17.4 Å². The van der Waals surface area contributed by atoms with Gasteiger partial charge < -0.3 is 9.88 Å². The SMILES string of the molecule is Cn1cc(NC(c2ccc(F)cc2)C2CC2)ccc1=O. The molecule has 1 atom stereocenters. The van der Waals surface area contributed by atoms with Crippen LogP contribution in [0, 0.1) is 11.7 Å².